The second kappa shape index (κ2) is 6.77. The molecular formula is C6H3O9S3-3. The Kier molecular flexibility index (Phi) is 5.64. The largest absolute Gasteiger partial charge is 0.740 e. The van der Waals surface area contributed by atoms with Crippen molar-refractivity contribution in [3.05, 3.63) is 18.2 Å². The smallest absolute Gasteiger partial charge is 0.226 e. The molecule has 1 aromatic rings. The molecule has 3 atom stereocenters. The molecule has 0 spiro atoms. The van der Waals surface area contributed by atoms with Crippen LogP contribution < -0.4 is 12.5 Å². The van der Waals surface area contributed by atoms with Crippen molar-refractivity contribution in [3.63, 3.8) is 0 Å². The Hall–Kier alpha value is -1.05. The number of rotatable bonds is 6. The molecule has 0 aliphatic carbocycles. The molecule has 102 valence electrons. The third-order valence-electron chi connectivity index (χ3n) is 1.41. The summed E-state index contributed by atoms with van der Waals surface area (Å²) in [6.07, 6.45) is 0. The average Bonchev–Trinajstić information content (AvgIpc) is 2.20. The zero-order valence-corrected chi connectivity index (χ0v) is 10.6. The quantitative estimate of drug-likeness (QED) is 0.615. The van der Waals surface area contributed by atoms with Gasteiger partial charge >= 0.3 is 0 Å². The van der Waals surface area contributed by atoms with Crippen LogP contribution in [0.25, 0.3) is 0 Å². The van der Waals surface area contributed by atoms with Gasteiger partial charge in [-0.1, -0.05) is 6.07 Å². The van der Waals surface area contributed by atoms with Crippen LogP contribution in [0.2, 0.25) is 0 Å². The predicted octanol–water partition coefficient (Wildman–Crippen LogP) is -0.795. The van der Waals surface area contributed by atoms with E-state index in [0.29, 0.717) is 0 Å². The van der Waals surface area contributed by atoms with Crippen LogP contribution in [-0.2, 0) is 34.1 Å². The summed E-state index contributed by atoms with van der Waals surface area (Å²) in [7, 11) is 0. The van der Waals surface area contributed by atoms with Gasteiger partial charge in [-0.2, -0.15) is 0 Å². The van der Waals surface area contributed by atoms with Crippen molar-refractivity contribution in [1.29, 1.82) is 0 Å². The van der Waals surface area contributed by atoms with Crippen molar-refractivity contribution >= 4 is 34.1 Å². The molecule has 0 fully saturated rings. The van der Waals surface area contributed by atoms with Crippen LogP contribution in [0.5, 0.6) is 17.2 Å². The maximum Gasteiger partial charge on any atom is 0.226 e. The Morgan fingerprint density at radius 1 is 0.778 bits per heavy atom. The molecule has 0 heterocycles. The van der Waals surface area contributed by atoms with Crippen LogP contribution in [0.3, 0.4) is 0 Å². The topological polar surface area (TPSA) is 148 Å². The van der Waals surface area contributed by atoms with E-state index in [2.05, 4.69) is 12.5 Å². The Labute approximate surface area is 109 Å². The minimum atomic E-state index is -3.08. The molecule has 0 radical (unpaired) electrons. The summed E-state index contributed by atoms with van der Waals surface area (Å²) < 4.78 is 74.8. The Morgan fingerprint density at radius 2 is 1.17 bits per heavy atom. The fourth-order valence-corrected chi connectivity index (χ4v) is 1.78. The predicted molar refractivity (Wildman–Crippen MR) is 55.1 cm³/mol. The summed E-state index contributed by atoms with van der Waals surface area (Å²) in [5, 5.41) is 0. The lowest BCUT2D eigenvalue weighted by Gasteiger charge is -2.17. The van der Waals surface area contributed by atoms with Crippen LogP contribution in [0.4, 0.5) is 0 Å². The molecule has 0 aliphatic rings. The van der Waals surface area contributed by atoms with E-state index >= 15 is 0 Å². The number of hydrogen-bond acceptors (Lipinski definition) is 9. The maximum atomic E-state index is 10.4. The van der Waals surface area contributed by atoms with Gasteiger partial charge in [0, 0.05) is 0 Å². The molecule has 12 heteroatoms. The number of para-hydroxylation sites is 1. The molecule has 0 amide bonds. The molecule has 0 saturated carbocycles. The van der Waals surface area contributed by atoms with Gasteiger partial charge in [-0.3, -0.25) is 0 Å². The van der Waals surface area contributed by atoms with Gasteiger partial charge in [-0.15, -0.1) is 0 Å². The van der Waals surface area contributed by atoms with E-state index in [0.717, 1.165) is 12.1 Å². The van der Waals surface area contributed by atoms with E-state index in [4.69, 9.17) is 0 Å². The molecule has 18 heavy (non-hydrogen) atoms. The van der Waals surface area contributed by atoms with Gasteiger partial charge in [0.25, 0.3) is 0 Å². The Morgan fingerprint density at radius 3 is 1.50 bits per heavy atom. The minimum absolute atomic E-state index is 0.546. The van der Waals surface area contributed by atoms with Crippen molar-refractivity contribution in [1.82, 2.24) is 0 Å². The number of hydrogen-bond donors (Lipinski definition) is 0. The third-order valence-corrected chi connectivity index (χ3v) is 2.34. The number of benzene rings is 1. The van der Waals surface area contributed by atoms with Gasteiger partial charge in [-0.05, 0) is 12.1 Å². The van der Waals surface area contributed by atoms with Crippen LogP contribution in [0.1, 0.15) is 0 Å². The van der Waals surface area contributed by atoms with Crippen LogP contribution in [0, 0.1) is 0 Å². The van der Waals surface area contributed by atoms with Crippen molar-refractivity contribution in [2.75, 3.05) is 0 Å². The van der Waals surface area contributed by atoms with Crippen molar-refractivity contribution in [2.45, 2.75) is 0 Å². The summed E-state index contributed by atoms with van der Waals surface area (Å²) in [6, 6.07) is 3.25. The first-order valence-corrected chi connectivity index (χ1v) is 6.86. The SMILES string of the molecule is O=S([O-])Oc1cccc(OS(=O)[O-])c1OS(=O)[O-]. The molecule has 0 aliphatic heterocycles. The van der Waals surface area contributed by atoms with E-state index in [1.165, 1.54) is 6.07 Å². The molecule has 0 saturated heterocycles. The Balaban J connectivity index is 3.19. The summed E-state index contributed by atoms with van der Waals surface area (Å²) >= 11 is -9.09. The van der Waals surface area contributed by atoms with Crippen LogP contribution in [0.15, 0.2) is 18.2 Å². The zero-order chi connectivity index (χ0) is 13.7. The van der Waals surface area contributed by atoms with Gasteiger partial charge in [0.15, 0.2) is 11.5 Å². The van der Waals surface area contributed by atoms with Crippen molar-refractivity contribution in [2.24, 2.45) is 0 Å². The fraction of sp³-hybridized carbons (Fsp3) is 0. The lowest BCUT2D eigenvalue weighted by Crippen LogP contribution is -2.06. The van der Waals surface area contributed by atoms with Crippen molar-refractivity contribution < 1.29 is 38.8 Å². The second-order valence-corrected chi connectivity index (χ2v) is 4.17. The summed E-state index contributed by atoms with van der Waals surface area (Å²) in [5.74, 6) is -1.80. The lowest BCUT2D eigenvalue weighted by molar-refractivity contribution is 0.394. The van der Waals surface area contributed by atoms with E-state index in [1.54, 1.807) is 0 Å². The zero-order valence-electron chi connectivity index (χ0n) is 8.13. The van der Waals surface area contributed by atoms with Gasteiger partial charge in [0.1, 0.15) is 34.1 Å². The lowest BCUT2D eigenvalue weighted by atomic mass is 10.3. The molecule has 3 unspecified atom stereocenters. The summed E-state index contributed by atoms with van der Waals surface area (Å²) in [5.41, 5.74) is 0. The Bertz CT molecular complexity index is 467. The first-order valence-electron chi connectivity index (χ1n) is 3.86. The van der Waals surface area contributed by atoms with Gasteiger partial charge in [0.2, 0.25) is 5.75 Å². The monoisotopic (exact) mass is 315 g/mol. The second-order valence-electron chi connectivity index (χ2n) is 2.45. The van der Waals surface area contributed by atoms with Crippen molar-refractivity contribution in [3.8, 4) is 17.2 Å². The molecule has 9 nitrogen and oxygen atoms in total. The first kappa shape index (κ1) is 15.0. The average molecular weight is 315 g/mol. The molecular weight excluding hydrogens is 312 g/mol. The maximum absolute atomic E-state index is 10.4. The third kappa shape index (κ3) is 4.67. The highest BCUT2D eigenvalue weighted by molar-refractivity contribution is 7.75. The molecule has 1 aromatic carbocycles. The summed E-state index contributed by atoms with van der Waals surface area (Å²) in [6.45, 7) is 0. The standard InChI is InChI=1S/C6H6O9S3/c7-16(8)13-4-2-1-3-5(14-17(9)10)6(4)15-18(11)12/h1-3H,(H,7,8)(H,9,10)(H,11,12)/p-3. The van der Waals surface area contributed by atoms with Crippen LogP contribution >= 0.6 is 0 Å². The van der Waals surface area contributed by atoms with E-state index in [-0.39, 0.29) is 0 Å². The first-order chi connectivity index (χ1) is 8.40. The van der Waals surface area contributed by atoms with E-state index in [9.17, 15) is 26.3 Å². The van der Waals surface area contributed by atoms with E-state index < -0.39 is 51.3 Å². The normalized spacial score (nSPS) is 15.5. The highest BCUT2D eigenvalue weighted by Crippen LogP contribution is 2.38. The molecule has 1 rings (SSSR count). The molecule has 0 aromatic heterocycles. The van der Waals surface area contributed by atoms with Gasteiger partial charge in [0.05, 0.1) is 0 Å². The van der Waals surface area contributed by atoms with E-state index in [1.807, 2.05) is 0 Å². The molecule has 0 bridgehead atoms. The van der Waals surface area contributed by atoms with Crippen LogP contribution in [-0.4, -0.2) is 26.3 Å². The highest BCUT2D eigenvalue weighted by atomic mass is 32.2. The summed E-state index contributed by atoms with van der Waals surface area (Å²) in [4.78, 5) is 0. The fourth-order valence-electron chi connectivity index (χ4n) is 0.924. The highest BCUT2D eigenvalue weighted by Gasteiger charge is 2.14. The van der Waals surface area contributed by atoms with Gasteiger partial charge in [-0.25, -0.2) is 12.6 Å². The van der Waals surface area contributed by atoms with Gasteiger partial charge < -0.3 is 26.2 Å². The molecule has 0 N–H and O–H groups in total. The minimum Gasteiger partial charge on any atom is -0.740 e.